The Morgan fingerprint density at radius 3 is 1.68 bits per heavy atom. The summed E-state index contributed by atoms with van der Waals surface area (Å²) < 4.78 is 26.6. The highest BCUT2D eigenvalue weighted by Gasteiger charge is 2.33. The molecule has 112 valence electrons. The first-order valence-electron chi connectivity index (χ1n) is 6.89. The van der Waals surface area contributed by atoms with E-state index in [0.29, 0.717) is 16.9 Å². The summed E-state index contributed by atoms with van der Waals surface area (Å²) in [5.74, 6) is 1.01. The van der Waals surface area contributed by atoms with Crippen molar-refractivity contribution in [2.45, 2.75) is 0 Å². The van der Waals surface area contributed by atoms with Gasteiger partial charge in [-0.05, 0) is 36.4 Å². The number of hydrogen-bond acceptors (Lipinski definition) is 3. The summed E-state index contributed by atoms with van der Waals surface area (Å²) in [4.78, 5) is 0. The van der Waals surface area contributed by atoms with Gasteiger partial charge in [-0.2, -0.15) is 0 Å². The summed E-state index contributed by atoms with van der Waals surface area (Å²) in [7, 11) is -1.73. The molecule has 0 fully saturated rings. The predicted molar refractivity (Wildman–Crippen MR) is 86.8 cm³/mol. The molecule has 5 heteroatoms. The second kappa shape index (κ2) is 6.12. The lowest BCUT2D eigenvalue weighted by molar-refractivity contribution is 0.397. The van der Waals surface area contributed by atoms with Crippen LogP contribution in [0, 0.1) is 0 Å². The standard InChI is InChI=1S/C17H16NO3P/c1-18-14-8-13-17(18)22(19,20-15-9-4-2-5-10-15)21-16-11-6-3-7-12-16/h2-14H,1H3. The lowest BCUT2D eigenvalue weighted by Gasteiger charge is -2.20. The number of hydrogen-bond donors (Lipinski definition) is 0. The highest BCUT2D eigenvalue weighted by atomic mass is 31.2. The quantitative estimate of drug-likeness (QED) is 0.668. The van der Waals surface area contributed by atoms with Crippen LogP contribution in [0.15, 0.2) is 79.0 Å². The van der Waals surface area contributed by atoms with Crippen LogP contribution in [0.4, 0.5) is 0 Å². The second-order valence-corrected chi connectivity index (χ2v) is 6.60. The van der Waals surface area contributed by atoms with Crippen molar-refractivity contribution in [3.63, 3.8) is 0 Å². The highest BCUT2D eigenvalue weighted by molar-refractivity contribution is 7.62. The van der Waals surface area contributed by atoms with Gasteiger partial charge in [0.2, 0.25) is 0 Å². The van der Waals surface area contributed by atoms with Crippen molar-refractivity contribution in [2.24, 2.45) is 7.05 Å². The first-order valence-corrected chi connectivity index (χ1v) is 8.43. The molecule has 1 heterocycles. The maximum Gasteiger partial charge on any atom is 0.479 e. The third kappa shape index (κ3) is 3.07. The Morgan fingerprint density at radius 2 is 1.27 bits per heavy atom. The smallest absolute Gasteiger partial charge is 0.412 e. The molecule has 0 radical (unpaired) electrons. The van der Waals surface area contributed by atoms with Gasteiger partial charge in [0.15, 0.2) is 5.44 Å². The largest absolute Gasteiger partial charge is 0.479 e. The molecule has 0 saturated carbocycles. The predicted octanol–water partition coefficient (Wildman–Crippen LogP) is 4.00. The molecular formula is C17H16NO3P. The van der Waals surface area contributed by atoms with Crippen molar-refractivity contribution in [3.05, 3.63) is 79.0 Å². The zero-order valence-electron chi connectivity index (χ0n) is 12.1. The Balaban J connectivity index is 1.99. The molecule has 0 N–H and O–H groups in total. The fourth-order valence-corrected chi connectivity index (χ4v) is 3.83. The lowest BCUT2D eigenvalue weighted by atomic mass is 10.3. The van der Waals surface area contributed by atoms with E-state index in [1.54, 1.807) is 34.9 Å². The second-order valence-electron chi connectivity index (χ2n) is 4.78. The Labute approximate surface area is 129 Å². The van der Waals surface area contributed by atoms with Crippen LogP contribution < -0.4 is 14.5 Å². The number of rotatable bonds is 5. The molecule has 3 rings (SSSR count). The van der Waals surface area contributed by atoms with Crippen LogP contribution in [0.1, 0.15) is 0 Å². The van der Waals surface area contributed by atoms with E-state index in [0.717, 1.165) is 0 Å². The van der Waals surface area contributed by atoms with E-state index in [9.17, 15) is 4.57 Å². The minimum atomic E-state index is -3.54. The van der Waals surface area contributed by atoms with Crippen LogP contribution in [-0.2, 0) is 11.6 Å². The summed E-state index contributed by atoms with van der Waals surface area (Å²) in [6.45, 7) is 0. The molecule has 22 heavy (non-hydrogen) atoms. The number of benzene rings is 2. The third-order valence-electron chi connectivity index (χ3n) is 3.13. The fraction of sp³-hybridized carbons (Fsp3) is 0.0588. The fourth-order valence-electron chi connectivity index (χ4n) is 2.09. The average Bonchev–Trinajstić information content (AvgIpc) is 2.96. The van der Waals surface area contributed by atoms with E-state index in [1.165, 1.54) is 0 Å². The topological polar surface area (TPSA) is 40.5 Å². The Kier molecular flexibility index (Phi) is 4.03. The zero-order chi connectivity index (χ0) is 15.4. The van der Waals surface area contributed by atoms with E-state index in [2.05, 4.69) is 0 Å². The van der Waals surface area contributed by atoms with Gasteiger partial charge in [-0.25, -0.2) is 4.57 Å². The van der Waals surface area contributed by atoms with E-state index >= 15 is 0 Å². The van der Waals surface area contributed by atoms with Crippen LogP contribution in [-0.4, -0.2) is 4.57 Å². The zero-order valence-corrected chi connectivity index (χ0v) is 13.0. The first-order chi connectivity index (χ1) is 10.7. The Morgan fingerprint density at radius 1 is 0.773 bits per heavy atom. The average molecular weight is 313 g/mol. The van der Waals surface area contributed by atoms with Gasteiger partial charge in [0.25, 0.3) is 0 Å². The maximum absolute atomic E-state index is 13.4. The number of aryl methyl sites for hydroxylation is 1. The molecule has 0 atom stereocenters. The van der Waals surface area contributed by atoms with E-state index in [1.807, 2.05) is 55.7 Å². The van der Waals surface area contributed by atoms with E-state index in [-0.39, 0.29) is 0 Å². The van der Waals surface area contributed by atoms with Gasteiger partial charge < -0.3 is 13.6 Å². The maximum atomic E-state index is 13.4. The molecule has 0 amide bonds. The summed E-state index contributed by atoms with van der Waals surface area (Å²) in [6, 6.07) is 21.6. The van der Waals surface area contributed by atoms with Gasteiger partial charge in [-0.15, -0.1) is 0 Å². The molecule has 4 nitrogen and oxygen atoms in total. The van der Waals surface area contributed by atoms with Gasteiger partial charge in [-0.1, -0.05) is 36.4 Å². The van der Waals surface area contributed by atoms with Gasteiger partial charge in [0.05, 0.1) is 0 Å². The molecule has 0 saturated heterocycles. The third-order valence-corrected chi connectivity index (χ3v) is 5.06. The number of nitrogens with zero attached hydrogens (tertiary/aromatic N) is 1. The molecule has 0 bridgehead atoms. The van der Waals surface area contributed by atoms with Gasteiger partial charge in [0, 0.05) is 13.2 Å². The molecule has 0 aliphatic carbocycles. The molecule has 0 unspecified atom stereocenters. The number of aromatic nitrogens is 1. The first kappa shape index (κ1) is 14.5. The van der Waals surface area contributed by atoms with Crippen molar-refractivity contribution in [2.75, 3.05) is 0 Å². The van der Waals surface area contributed by atoms with Gasteiger partial charge in [-0.3, -0.25) is 0 Å². The SMILES string of the molecule is Cn1cccc1P(=O)(Oc1ccccc1)Oc1ccccc1. The van der Waals surface area contributed by atoms with Crippen LogP contribution in [0.3, 0.4) is 0 Å². The van der Waals surface area contributed by atoms with Crippen LogP contribution in [0.25, 0.3) is 0 Å². The minimum Gasteiger partial charge on any atom is -0.412 e. The van der Waals surface area contributed by atoms with Crippen molar-refractivity contribution in [3.8, 4) is 11.5 Å². The van der Waals surface area contributed by atoms with Gasteiger partial charge >= 0.3 is 7.60 Å². The number of para-hydroxylation sites is 2. The molecule has 0 aliphatic rings. The monoisotopic (exact) mass is 313 g/mol. The van der Waals surface area contributed by atoms with Crippen LogP contribution in [0.2, 0.25) is 0 Å². The van der Waals surface area contributed by atoms with Crippen LogP contribution >= 0.6 is 7.60 Å². The lowest BCUT2D eigenvalue weighted by Crippen LogP contribution is -2.20. The molecule has 0 spiro atoms. The molecule has 2 aromatic carbocycles. The summed E-state index contributed by atoms with van der Waals surface area (Å²) in [5.41, 5.74) is 0.500. The highest BCUT2D eigenvalue weighted by Crippen LogP contribution is 2.47. The Bertz CT molecular complexity index is 738. The summed E-state index contributed by atoms with van der Waals surface area (Å²) >= 11 is 0. The molecular weight excluding hydrogens is 297 g/mol. The molecule has 1 aromatic heterocycles. The van der Waals surface area contributed by atoms with E-state index in [4.69, 9.17) is 9.05 Å². The van der Waals surface area contributed by atoms with Gasteiger partial charge in [0.1, 0.15) is 11.5 Å². The van der Waals surface area contributed by atoms with Crippen molar-refractivity contribution >= 4 is 13.0 Å². The Hall–Kier alpha value is -2.45. The summed E-state index contributed by atoms with van der Waals surface area (Å²) in [5, 5.41) is 0. The summed E-state index contributed by atoms with van der Waals surface area (Å²) in [6.07, 6.45) is 1.81. The molecule has 3 aromatic rings. The van der Waals surface area contributed by atoms with Crippen LogP contribution in [0.5, 0.6) is 11.5 Å². The van der Waals surface area contributed by atoms with Crippen molar-refractivity contribution in [1.29, 1.82) is 0 Å². The molecule has 0 aliphatic heterocycles. The normalized spacial score (nSPS) is 11.1. The minimum absolute atomic E-state index is 0.500. The van der Waals surface area contributed by atoms with E-state index < -0.39 is 7.60 Å². The van der Waals surface area contributed by atoms with Crippen molar-refractivity contribution in [1.82, 2.24) is 4.57 Å². The van der Waals surface area contributed by atoms with Crippen molar-refractivity contribution < 1.29 is 13.6 Å².